The van der Waals surface area contributed by atoms with Crippen molar-refractivity contribution in [3.8, 4) is 11.4 Å². The van der Waals surface area contributed by atoms with Gasteiger partial charge in [0, 0.05) is 12.3 Å². The van der Waals surface area contributed by atoms with E-state index in [9.17, 15) is 13.9 Å². The van der Waals surface area contributed by atoms with Crippen LogP contribution in [0.2, 0.25) is 5.02 Å². The first-order chi connectivity index (χ1) is 14.7. The Hall–Kier alpha value is -2.96. The van der Waals surface area contributed by atoms with Crippen LogP contribution >= 0.6 is 11.6 Å². The molecule has 0 spiro atoms. The first-order valence-corrected chi connectivity index (χ1v) is 10.1. The summed E-state index contributed by atoms with van der Waals surface area (Å²) < 4.78 is 36.5. The molecule has 4 aromatic rings. The Bertz CT molecular complexity index is 1220. The number of hydrogen-bond donors (Lipinski definition) is 1. The van der Waals surface area contributed by atoms with Crippen LogP contribution in [0.4, 0.5) is 8.78 Å². The van der Waals surface area contributed by atoms with Crippen LogP contribution in [0.3, 0.4) is 0 Å². The first-order valence-electron chi connectivity index (χ1n) is 9.72. The molecule has 1 unspecified atom stereocenters. The van der Waals surface area contributed by atoms with Crippen LogP contribution in [0.1, 0.15) is 18.1 Å². The smallest absolute Gasteiger partial charge is 0.281 e. The van der Waals surface area contributed by atoms with E-state index in [0.717, 1.165) is 16.8 Å². The molecule has 1 heterocycles. The molecule has 0 aliphatic carbocycles. The summed E-state index contributed by atoms with van der Waals surface area (Å²) in [4.78, 5) is 0. The van der Waals surface area contributed by atoms with Gasteiger partial charge in [-0.05, 0) is 54.4 Å². The third-order valence-corrected chi connectivity index (χ3v) is 5.61. The zero-order valence-electron chi connectivity index (χ0n) is 17.0. The first kappa shape index (κ1) is 21.3. The van der Waals surface area contributed by atoms with Crippen molar-refractivity contribution in [2.24, 2.45) is 0 Å². The van der Waals surface area contributed by atoms with Crippen molar-refractivity contribution in [2.45, 2.75) is 25.4 Å². The summed E-state index contributed by atoms with van der Waals surface area (Å²) in [6.45, 7) is 1.84. The Morgan fingerprint density at radius 1 is 1.06 bits per heavy atom. The lowest BCUT2D eigenvalue weighted by Gasteiger charge is -2.34. The van der Waals surface area contributed by atoms with Crippen LogP contribution in [0.25, 0.3) is 16.6 Å². The number of aryl methyl sites for hydroxylation is 1. The molecule has 0 bridgehead atoms. The highest BCUT2D eigenvalue weighted by molar-refractivity contribution is 6.32. The maximum absolute atomic E-state index is 14.6. The minimum Gasteiger partial charge on any atom is -0.488 e. The Morgan fingerprint density at radius 3 is 2.52 bits per heavy atom. The number of alkyl halides is 2. The second kappa shape index (κ2) is 7.94. The van der Waals surface area contributed by atoms with E-state index in [1.807, 2.05) is 37.3 Å². The van der Waals surface area contributed by atoms with Gasteiger partial charge in [-0.25, -0.2) is 13.5 Å². The van der Waals surface area contributed by atoms with Gasteiger partial charge in [-0.15, -0.1) is 0 Å². The number of hydrogen-bond acceptors (Lipinski definition) is 3. The lowest BCUT2D eigenvalue weighted by atomic mass is 9.88. The summed E-state index contributed by atoms with van der Waals surface area (Å²) in [5, 5.41) is 16.4. The fraction of sp³-hybridized carbons (Fsp3) is 0.208. The Kier molecular flexibility index (Phi) is 5.45. The van der Waals surface area contributed by atoms with Crippen LogP contribution in [0.5, 0.6) is 5.75 Å². The second-order valence-corrected chi connectivity index (χ2v) is 8.04. The van der Waals surface area contributed by atoms with E-state index in [-0.39, 0.29) is 16.3 Å². The molecule has 1 aromatic heterocycles. The molecular formula is C24H21ClF2N2O2. The van der Waals surface area contributed by atoms with Crippen LogP contribution < -0.4 is 4.74 Å². The zero-order valence-corrected chi connectivity index (χ0v) is 17.8. The molecule has 0 aliphatic rings. The number of aliphatic hydroxyl groups is 1. The number of halogens is 3. The molecule has 0 radical (unpaired) electrons. The van der Waals surface area contributed by atoms with E-state index < -0.39 is 18.1 Å². The summed E-state index contributed by atoms with van der Waals surface area (Å²) in [5.41, 5.74) is -0.0914. The van der Waals surface area contributed by atoms with Crippen molar-refractivity contribution in [1.82, 2.24) is 9.78 Å². The largest absolute Gasteiger partial charge is 0.488 e. The molecule has 0 saturated carbocycles. The standard InChI is InChI=1S/C24H21ClF2N2O2/c1-16-8-10-20(25)22(12-16)31-15-24(30,23(2,26)27)18-9-11-21-17(13-18)14-28-29(21)19-6-4-3-5-7-19/h3-14,30H,15H2,1-2H3. The topological polar surface area (TPSA) is 47.3 Å². The summed E-state index contributed by atoms with van der Waals surface area (Å²) in [5.74, 6) is -3.24. The molecule has 4 nitrogen and oxygen atoms in total. The average Bonchev–Trinajstić information content (AvgIpc) is 3.17. The molecular weight excluding hydrogens is 422 g/mol. The molecule has 0 aliphatic heterocycles. The highest BCUT2D eigenvalue weighted by atomic mass is 35.5. The molecule has 160 valence electrons. The highest BCUT2D eigenvalue weighted by Crippen LogP contribution is 2.40. The Labute approximate surface area is 183 Å². The zero-order chi connectivity index (χ0) is 22.2. The van der Waals surface area contributed by atoms with E-state index in [0.29, 0.717) is 12.3 Å². The molecule has 1 atom stereocenters. The predicted molar refractivity (Wildman–Crippen MR) is 117 cm³/mol. The molecule has 31 heavy (non-hydrogen) atoms. The summed E-state index contributed by atoms with van der Waals surface area (Å²) >= 11 is 6.12. The van der Waals surface area contributed by atoms with Crippen molar-refractivity contribution in [3.05, 3.63) is 89.1 Å². The van der Waals surface area contributed by atoms with E-state index in [1.165, 1.54) is 12.1 Å². The average molecular weight is 443 g/mol. The highest BCUT2D eigenvalue weighted by Gasteiger charge is 2.51. The van der Waals surface area contributed by atoms with Crippen LogP contribution in [-0.4, -0.2) is 27.4 Å². The van der Waals surface area contributed by atoms with E-state index >= 15 is 0 Å². The lowest BCUT2D eigenvalue weighted by molar-refractivity contribution is -0.190. The van der Waals surface area contributed by atoms with Gasteiger partial charge in [-0.1, -0.05) is 41.9 Å². The fourth-order valence-corrected chi connectivity index (χ4v) is 3.60. The van der Waals surface area contributed by atoms with Gasteiger partial charge in [0.05, 0.1) is 22.4 Å². The fourth-order valence-electron chi connectivity index (χ4n) is 3.43. The van der Waals surface area contributed by atoms with Gasteiger partial charge in [0.2, 0.25) is 0 Å². The van der Waals surface area contributed by atoms with Gasteiger partial charge in [0.25, 0.3) is 5.92 Å². The number of benzene rings is 3. The summed E-state index contributed by atoms with van der Waals surface area (Å²) in [7, 11) is 0. The van der Waals surface area contributed by atoms with Crippen molar-refractivity contribution in [1.29, 1.82) is 0 Å². The molecule has 7 heteroatoms. The number of nitrogens with zero attached hydrogens (tertiary/aromatic N) is 2. The van der Waals surface area contributed by atoms with Gasteiger partial charge in [0.15, 0.2) is 5.60 Å². The number of rotatable bonds is 6. The Balaban J connectivity index is 1.71. The van der Waals surface area contributed by atoms with Crippen LogP contribution in [-0.2, 0) is 5.60 Å². The van der Waals surface area contributed by atoms with E-state index in [4.69, 9.17) is 16.3 Å². The molecule has 0 fully saturated rings. The minimum absolute atomic E-state index is 0.0314. The normalized spacial score (nSPS) is 13.9. The lowest BCUT2D eigenvalue weighted by Crippen LogP contribution is -2.48. The van der Waals surface area contributed by atoms with Crippen LogP contribution in [0, 0.1) is 6.92 Å². The van der Waals surface area contributed by atoms with Crippen molar-refractivity contribution in [3.63, 3.8) is 0 Å². The maximum Gasteiger partial charge on any atom is 0.281 e. The van der Waals surface area contributed by atoms with Crippen molar-refractivity contribution < 1.29 is 18.6 Å². The molecule has 0 amide bonds. The number of aromatic nitrogens is 2. The SMILES string of the molecule is Cc1ccc(Cl)c(OCC(O)(c2ccc3c(cnn3-c3ccccc3)c2)C(C)(F)F)c1. The molecule has 0 saturated heterocycles. The van der Waals surface area contributed by atoms with Gasteiger partial charge >= 0.3 is 0 Å². The summed E-state index contributed by atoms with van der Waals surface area (Å²) in [6, 6.07) is 19.2. The van der Waals surface area contributed by atoms with E-state index in [1.54, 1.807) is 35.1 Å². The third kappa shape index (κ3) is 4.01. The quantitative estimate of drug-likeness (QED) is 0.404. The summed E-state index contributed by atoms with van der Waals surface area (Å²) in [6.07, 6.45) is 1.58. The molecule has 1 N–H and O–H groups in total. The maximum atomic E-state index is 14.6. The van der Waals surface area contributed by atoms with Gasteiger partial charge in [0.1, 0.15) is 12.4 Å². The Morgan fingerprint density at radius 2 is 1.81 bits per heavy atom. The van der Waals surface area contributed by atoms with Gasteiger partial charge < -0.3 is 9.84 Å². The monoisotopic (exact) mass is 442 g/mol. The van der Waals surface area contributed by atoms with Crippen molar-refractivity contribution >= 4 is 22.5 Å². The van der Waals surface area contributed by atoms with Gasteiger partial charge in [-0.2, -0.15) is 5.10 Å². The molecule has 3 aromatic carbocycles. The predicted octanol–water partition coefficient (Wildman–Crippen LogP) is 5.91. The third-order valence-electron chi connectivity index (χ3n) is 5.30. The van der Waals surface area contributed by atoms with Crippen molar-refractivity contribution in [2.75, 3.05) is 6.61 Å². The molecule has 4 rings (SSSR count). The second-order valence-electron chi connectivity index (χ2n) is 7.64. The number of ether oxygens (including phenoxy) is 1. The number of para-hydroxylation sites is 1. The van der Waals surface area contributed by atoms with Gasteiger partial charge in [-0.3, -0.25) is 0 Å². The van der Waals surface area contributed by atoms with E-state index in [2.05, 4.69) is 5.10 Å². The number of fused-ring (bicyclic) bond motifs is 1. The van der Waals surface area contributed by atoms with Crippen LogP contribution in [0.15, 0.2) is 72.9 Å². The minimum atomic E-state index is -3.48.